The molecular weight excluding hydrogens is 424 g/mol. The summed E-state index contributed by atoms with van der Waals surface area (Å²) in [5.41, 5.74) is 0.661. The van der Waals surface area contributed by atoms with Crippen LogP contribution in [0, 0.1) is 5.41 Å². The number of nitrogens with one attached hydrogen (secondary N) is 1. The standard InChI is InChI=1S/C22H23ClN2O4S/c1-22(2,21(28)29)12-25-20(27)19-16(26)9-14(11-24-19)18-10-13-5-3-4-6-15(23)7-8-17(13)30-18/h6-11,26H,3-5,12H2,1-2H3,(H,25,27)(H,28,29)/b8-7-,15-6+. The summed E-state index contributed by atoms with van der Waals surface area (Å²) in [5.74, 6) is -1.89. The van der Waals surface area contributed by atoms with Crippen LogP contribution in [0.5, 0.6) is 5.75 Å². The van der Waals surface area contributed by atoms with Gasteiger partial charge in [-0.15, -0.1) is 11.3 Å². The molecule has 2 aromatic heterocycles. The third kappa shape index (κ3) is 5.09. The van der Waals surface area contributed by atoms with Gasteiger partial charge in [0, 0.05) is 33.1 Å². The quantitative estimate of drug-likeness (QED) is 0.610. The zero-order valence-electron chi connectivity index (χ0n) is 16.7. The summed E-state index contributed by atoms with van der Waals surface area (Å²) in [6.45, 7) is 2.94. The Kier molecular flexibility index (Phi) is 6.63. The number of allylic oxidation sites excluding steroid dienone is 3. The second-order valence-electron chi connectivity index (χ2n) is 7.78. The maximum absolute atomic E-state index is 12.3. The van der Waals surface area contributed by atoms with E-state index in [9.17, 15) is 14.7 Å². The Morgan fingerprint density at radius 3 is 2.77 bits per heavy atom. The molecule has 0 saturated carbocycles. The van der Waals surface area contributed by atoms with E-state index in [0.29, 0.717) is 5.56 Å². The first-order valence-corrected chi connectivity index (χ1v) is 10.7. The minimum absolute atomic E-state index is 0.0783. The van der Waals surface area contributed by atoms with E-state index in [1.807, 2.05) is 18.2 Å². The summed E-state index contributed by atoms with van der Waals surface area (Å²) in [6, 6.07) is 3.58. The number of nitrogens with zero attached hydrogens (tertiary/aromatic N) is 1. The summed E-state index contributed by atoms with van der Waals surface area (Å²) in [7, 11) is 0. The Morgan fingerprint density at radius 2 is 2.07 bits per heavy atom. The number of halogens is 1. The minimum atomic E-state index is -1.12. The van der Waals surface area contributed by atoms with Gasteiger partial charge in [-0.25, -0.2) is 4.98 Å². The first-order valence-electron chi connectivity index (χ1n) is 9.55. The number of aromatic hydroxyl groups is 1. The molecule has 0 spiro atoms. The van der Waals surface area contributed by atoms with E-state index < -0.39 is 17.3 Å². The van der Waals surface area contributed by atoms with Crippen molar-refractivity contribution in [3.63, 3.8) is 0 Å². The molecule has 0 fully saturated rings. The number of carboxylic acid groups (broad SMARTS) is 1. The highest BCUT2D eigenvalue weighted by Crippen LogP contribution is 2.35. The summed E-state index contributed by atoms with van der Waals surface area (Å²) in [5, 5.41) is 22.7. The van der Waals surface area contributed by atoms with E-state index in [0.717, 1.165) is 34.0 Å². The van der Waals surface area contributed by atoms with Gasteiger partial charge in [-0.05, 0) is 63.0 Å². The number of aryl methyl sites for hydroxylation is 1. The Labute approximate surface area is 183 Å². The normalized spacial score (nSPS) is 17.0. The highest BCUT2D eigenvalue weighted by molar-refractivity contribution is 7.16. The van der Waals surface area contributed by atoms with Gasteiger partial charge in [0.05, 0.1) is 5.41 Å². The second-order valence-corrected chi connectivity index (χ2v) is 9.30. The number of carboxylic acids is 1. The SMILES string of the molecule is CC(C)(CNC(=O)c1ncc(-c2cc3c(s2)/C=C\C(Cl)=C/CCC3)cc1O)C(=O)O. The fraction of sp³-hybridized carbons (Fsp3) is 0.318. The highest BCUT2D eigenvalue weighted by atomic mass is 35.5. The molecule has 6 nitrogen and oxygen atoms in total. The number of pyridine rings is 1. The molecule has 3 rings (SSSR count). The molecule has 2 aromatic rings. The fourth-order valence-corrected chi connectivity index (χ4v) is 4.17. The Bertz CT molecular complexity index is 1040. The van der Waals surface area contributed by atoms with E-state index in [1.54, 1.807) is 17.5 Å². The summed E-state index contributed by atoms with van der Waals surface area (Å²) < 4.78 is 0. The Morgan fingerprint density at radius 1 is 1.30 bits per heavy atom. The molecule has 0 aromatic carbocycles. The van der Waals surface area contributed by atoms with Crippen LogP contribution >= 0.6 is 22.9 Å². The molecule has 0 saturated heterocycles. The lowest BCUT2D eigenvalue weighted by atomic mass is 9.94. The molecule has 1 aliphatic carbocycles. The third-order valence-electron chi connectivity index (χ3n) is 4.86. The first-order chi connectivity index (χ1) is 14.2. The van der Waals surface area contributed by atoms with E-state index in [2.05, 4.69) is 16.4 Å². The monoisotopic (exact) mass is 446 g/mol. The van der Waals surface area contributed by atoms with Crippen molar-refractivity contribution < 1.29 is 19.8 Å². The van der Waals surface area contributed by atoms with Crippen molar-refractivity contribution >= 4 is 40.9 Å². The van der Waals surface area contributed by atoms with E-state index in [-0.39, 0.29) is 18.0 Å². The fourth-order valence-electron chi connectivity index (χ4n) is 2.90. The molecule has 158 valence electrons. The third-order valence-corrected chi connectivity index (χ3v) is 6.33. The van der Waals surface area contributed by atoms with Gasteiger partial charge in [-0.2, -0.15) is 0 Å². The van der Waals surface area contributed by atoms with Gasteiger partial charge in [0.2, 0.25) is 0 Å². The lowest BCUT2D eigenvalue weighted by molar-refractivity contribution is -0.146. The van der Waals surface area contributed by atoms with E-state index in [1.165, 1.54) is 25.5 Å². The molecule has 2 heterocycles. The highest BCUT2D eigenvalue weighted by Gasteiger charge is 2.28. The number of fused-ring (bicyclic) bond motifs is 1. The topological polar surface area (TPSA) is 99.5 Å². The van der Waals surface area contributed by atoms with Crippen LogP contribution in [-0.2, 0) is 11.2 Å². The van der Waals surface area contributed by atoms with Crippen LogP contribution in [0.3, 0.4) is 0 Å². The van der Waals surface area contributed by atoms with Crippen LogP contribution in [0.1, 0.15) is 47.6 Å². The number of amides is 1. The summed E-state index contributed by atoms with van der Waals surface area (Å²) in [4.78, 5) is 29.7. The minimum Gasteiger partial charge on any atom is -0.505 e. The maximum atomic E-state index is 12.3. The zero-order valence-corrected chi connectivity index (χ0v) is 18.3. The van der Waals surface area contributed by atoms with Gasteiger partial charge in [0.15, 0.2) is 5.69 Å². The molecule has 0 atom stereocenters. The number of hydrogen-bond donors (Lipinski definition) is 3. The molecule has 0 aliphatic heterocycles. The molecule has 0 bridgehead atoms. The molecule has 0 radical (unpaired) electrons. The van der Waals surface area contributed by atoms with Crippen LogP contribution in [0.25, 0.3) is 16.5 Å². The lowest BCUT2D eigenvalue weighted by Gasteiger charge is -2.19. The smallest absolute Gasteiger partial charge is 0.310 e. The Hall–Kier alpha value is -2.64. The summed E-state index contributed by atoms with van der Waals surface area (Å²) in [6.07, 6.45) is 10.3. The molecule has 1 aliphatic rings. The number of aromatic nitrogens is 1. The van der Waals surface area contributed by atoms with E-state index >= 15 is 0 Å². The van der Waals surface area contributed by atoms with Crippen molar-refractivity contribution in [2.75, 3.05) is 6.54 Å². The number of hydrogen-bond acceptors (Lipinski definition) is 5. The van der Waals surface area contributed by atoms with E-state index in [4.69, 9.17) is 16.7 Å². The molecular formula is C22H23ClN2O4S. The lowest BCUT2D eigenvalue weighted by Crippen LogP contribution is -2.39. The first kappa shape index (κ1) is 22.1. The predicted octanol–water partition coefficient (Wildman–Crippen LogP) is 4.83. The number of aliphatic carboxylic acids is 1. The number of thiophene rings is 1. The Balaban J connectivity index is 1.80. The molecule has 8 heteroatoms. The molecule has 0 unspecified atom stereocenters. The molecule has 30 heavy (non-hydrogen) atoms. The van der Waals surface area contributed by atoms with Crippen molar-refractivity contribution in [2.24, 2.45) is 5.41 Å². The average Bonchev–Trinajstić information content (AvgIpc) is 3.12. The molecule has 1 amide bonds. The zero-order chi connectivity index (χ0) is 21.9. The van der Waals surface area contributed by atoms with Crippen LogP contribution in [0.4, 0.5) is 0 Å². The van der Waals surface area contributed by atoms with Crippen LogP contribution in [0.15, 0.2) is 35.5 Å². The number of carbonyl (C=O) groups is 2. The van der Waals surface area contributed by atoms with Crippen LogP contribution in [-0.4, -0.2) is 33.6 Å². The van der Waals surface area contributed by atoms with Crippen LogP contribution in [0.2, 0.25) is 0 Å². The average molecular weight is 447 g/mol. The molecule has 3 N–H and O–H groups in total. The summed E-state index contributed by atoms with van der Waals surface area (Å²) >= 11 is 7.73. The maximum Gasteiger partial charge on any atom is 0.310 e. The van der Waals surface area contributed by atoms with Crippen molar-refractivity contribution in [2.45, 2.75) is 33.1 Å². The second kappa shape index (κ2) is 9.02. The van der Waals surface area contributed by atoms with Crippen molar-refractivity contribution in [3.05, 3.63) is 51.6 Å². The van der Waals surface area contributed by atoms with Gasteiger partial charge in [-0.1, -0.05) is 17.7 Å². The van der Waals surface area contributed by atoms with Gasteiger partial charge >= 0.3 is 5.97 Å². The van der Waals surface area contributed by atoms with Gasteiger partial charge in [0.1, 0.15) is 5.75 Å². The van der Waals surface area contributed by atoms with Crippen LogP contribution < -0.4 is 5.32 Å². The van der Waals surface area contributed by atoms with Crippen molar-refractivity contribution in [3.8, 4) is 16.2 Å². The number of carbonyl (C=O) groups excluding carboxylic acids is 1. The predicted molar refractivity (Wildman–Crippen MR) is 119 cm³/mol. The van der Waals surface area contributed by atoms with Crippen molar-refractivity contribution in [1.82, 2.24) is 10.3 Å². The van der Waals surface area contributed by atoms with Gasteiger partial charge in [0.25, 0.3) is 5.91 Å². The van der Waals surface area contributed by atoms with Crippen molar-refractivity contribution in [1.29, 1.82) is 0 Å². The largest absolute Gasteiger partial charge is 0.505 e. The van der Waals surface area contributed by atoms with Gasteiger partial charge < -0.3 is 15.5 Å². The number of rotatable bonds is 5. The van der Waals surface area contributed by atoms with Gasteiger partial charge in [-0.3, -0.25) is 9.59 Å².